The molecule has 5 nitrogen and oxygen atoms in total. The molecule has 2 heterocycles. The Morgan fingerprint density at radius 2 is 2.07 bits per heavy atom. The normalized spacial score (nSPS) is 13.0. The Hall–Kier alpha value is -3.09. The van der Waals surface area contributed by atoms with Crippen LogP contribution in [-0.2, 0) is 7.05 Å². The molecule has 1 aromatic carbocycles. The van der Waals surface area contributed by atoms with Gasteiger partial charge in [-0.1, -0.05) is 6.07 Å². The van der Waals surface area contributed by atoms with Crippen LogP contribution < -0.4 is 5.73 Å². The Labute approximate surface area is 169 Å². The zero-order valence-corrected chi connectivity index (χ0v) is 17.1. The zero-order valence-electron chi connectivity index (χ0n) is 17.1. The van der Waals surface area contributed by atoms with E-state index in [4.69, 9.17) is 5.73 Å². The molecule has 0 fully saturated rings. The second-order valence-electron chi connectivity index (χ2n) is 7.60. The van der Waals surface area contributed by atoms with E-state index in [1.165, 1.54) is 38.5 Å². The fourth-order valence-corrected chi connectivity index (χ4v) is 3.05. The van der Waals surface area contributed by atoms with E-state index in [1.807, 2.05) is 36.7 Å². The summed E-state index contributed by atoms with van der Waals surface area (Å²) in [7, 11) is 1.95. The first-order valence-corrected chi connectivity index (χ1v) is 9.39. The van der Waals surface area contributed by atoms with Crippen LogP contribution in [0.3, 0.4) is 0 Å². The summed E-state index contributed by atoms with van der Waals surface area (Å²) in [5.74, 6) is 0.422. The summed E-state index contributed by atoms with van der Waals surface area (Å²) in [5.41, 5.74) is 8.72. The summed E-state index contributed by atoms with van der Waals surface area (Å²) in [6, 6.07) is 7.18. The van der Waals surface area contributed by atoms with E-state index in [-0.39, 0.29) is 6.42 Å². The Kier molecular flexibility index (Phi) is 5.77. The first-order valence-electron chi connectivity index (χ1n) is 9.39. The number of aryl methyl sites for hydroxylation is 2. The van der Waals surface area contributed by atoms with Gasteiger partial charge in [-0.2, -0.15) is 0 Å². The van der Waals surface area contributed by atoms with Crippen molar-refractivity contribution in [2.75, 3.05) is 6.54 Å². The summed E-state index contributed by atoms with van der Waals surface area (Å²) >= 11 is 0. The van der Waals surface area contributed by atoms with Crippen LogP contribution in [0, 0.1) is 12.7 Å². The van der Waals surface area contributed by atoms with Gasteiger partial charge in [0.2, 0.25) is 0 Å². The van der Waals surface area contributed by atoms with Crippen LogP contribution in [0.5, 0.6) is 0 Å². The molecule has 0 spiro atoms. The highest BCUT2D eigenvalue weighted by atomic mass is 19.1. The van der Waals surface area contributed by atoms with Gasteiger partial charge < -0.3 is 10.3 Å². The number of pyridine rings is 1. The largest absolute Gasteiger partial charge is 0.404 e. The fourth-order valence-electron chi connectivity index (χ4n) is 3.05. The standard InChI is InChI=1S/C22H25F2N5/c1-14-28-19-9-15(5-6-20(19)29(14)4)21-18(10-17(23)13-27-21)16(11-25)12-26-8-7-22(2,3)24/h5-6,9-13H,7-8,25H2,1-4H3. The van der Waals surface area contributed by atoms with E-state index >= 15 is 0 Å². The quantitative estimate of drug-likeness (QED) is 0.619. The van der Waals surface area contributed by atoms with Gasteiger partial charge in [0.25, 0.3) is 0 Å². The Morgan fingerprint density at radius 1 is 1.31 bits per heavy atom. The van der Waals surface area contributed by atoms with Gasteiger partial charge in [0.05, 0.1) is 22.9 Å². The zero-order chi connectivity index (χ0) is 21.2. The summed E-state index contributed by atoms with van der Waals surface area (Å²) < 4.78 is 29.6. The van der Waals surface area contributed by atoms with Crippen molar-refractivity contribution in [3.05, 3.63) is 53.9 Å². The number of nitrogens with two attached hydrogens (primary N) is 1. The Bertz CT molecular complexity index is 1090. The maximum Gasteiger partial charge on any atom is 0.142 e. The van der Waals surface area contributed by atoms with Crippen molar-refractivity contribution in [1.82, 2.24) is 14.5 Å². The molecule has 0 aliphatic rings. The van der Waals surface area contributed by atoms with Crippen LogP contribution in [0.2, 0.25) is 0 Å². The molecular formula is C22H25F2N5. The SMILES string of the molecule is Cc1nc2cc(-c3ncc(F)cc3C(C=NCCC(C)(C)F)=CN)ccc2n1C. The molecule has 0 amide bonds. The van der Waals surface area contributed by atoms with Crippen molar-refractivity contribution < 1.29 is 8.78 Å². The van der Waals surface area contributed by atoms with E-state index < -0.39 is 11.5 Å². The number of aliphatic imine (C=N–C) groups is 1. The average molecular weight is 397 g/mol. The first kappa shape index (κ1) is 20.6. The van der Waals surface area contributed by atoms with Crippen LogP contribution >= 0.6 is 0 Å². The molecule has 0 aliphatic carbocycles. The molecular weight excluding hydrogens is 372 g/mol. The molecule has 0 saturated carbocycles. The molecule has 29 heavy (non-hydrogen) atoms. The monoisotopic (exact) mass is 397 g/mol. The Morgan fingerprint density at radius 3 is 2.76 bits per heavy atom. The van der Waals surface area contributed by atoms with Crippen molar-refractivity contribution in [2.24, 2.45) is 17.8 Å². The number of alkyl halides is 1. The summed E-state index contributed by atoms with van der Waals surface area (Å²) in [4.78, 5) is 13.1. The molecule has 2 N–H and O–H groups in total. The van der Waals surface area contributed by atoms with Crippen molar-refractivity contribution in [3.8, 4) is 11.3 Å². The van der Waals surface area contributed by atoms with E-state index in [1.54, 1.807) is 0 Å². The van der Waals surface area contributed by atoms with Gasteiger partial charge in [-0.15, -0.1) is 0 Å². The molecule has 0 unspecified atom stereocenters. The number of aromatic nitrogens is 3. The van der Waals surface area contributed by atoms with Gasteiger partial charge in [-0.05, 0) is 39.0 Å². The lowest BCUT2D eigenvalue weighted by Gasteiger charge is -2.12. The van der Waals surface area contributed by atoms with Gasteiger partial charge in [-0.3, -0.25) is 9.98 Å². The van der Waals surface area contributed by atoms with E-state index in [0.29, 0.717) is 23.4 Å². The highest BCUT2D eigenvalue weighted by molar-refractivity contribution is 6.11. The van der Waals surface area contributed by atoms with Gasteiger partial charge in [0.1, 0.15) is 17.3 Å². The third kappa shape index (κ3) is 4.67. The van der Waals surface area contributed by atoms with Crippen LogP contribution in [0.25, 0.3) is 27.9 Å². The lowest BCUT2D eigenvalue weighted by molar-refractivity contribution is 0.206. The second-order valence-corrected chi connectivity index (χ2v) is 7.60. The van der Waals surface area contributed by atoms with Gasteiger partial charge in [0, 0.05) is 49.1 Å². The third-order valence-corrected chi connectivity index (χ3v) is 4.79. The summed E-state index contributed by atoms with van der Waals surface area (Å²) in [6.07, 6.45) is 4.34. The highest BCUT2D eigenvalue weighted by Crippen LogP contribution is 2.29. The van der Waals surface area contributed by atoms with Gasteiger partial charge in [-0.25, -0.2) is 13.8 Å². The minimum atomic E-state index is -1.30. The number of benzene rings is 1. The van der Waals surface area contributed by atoms with Crippen molar-refractivity contribution in [3.63, 3.8) is 0 Å². The number of hydrogen-bond acceptors (Lipinski definition) is 4. The van der Waals surface area contributed by atoms with Crippen LogP contribution in [0.1, 0.15) is 31.7 Å². The molecule has 2 aromatic heterocycles. The topological polar surface area (TPSA) is 69.1 Å². The molecule has 3 aromatic rings. The Balaban J connectivity index is 2.00. The number of rotatable bonds is 6. The molecule has 0 aliphatic heterocycles. The third-order valence-electron chi connectivity index (χ3n) is 4.79. The van der Waals surface area contributed by atoms with Crippen LogP contribution in [0.15, 0.2) is 41.7 Å². The molecule has 7 heteroatoms. The van der Waals surface area contributed by atoms with E-state index in [9.17, 15) is 8.78 Å². The minimum absolute atomic E-state index is 0.283. The maximum absolute atomic E-state index is 14.0. The van der Waals surface area contributed by atoms with Crippen LogP contribution in [0.4, 0.5) is 8.78 Å². The number of halogens is 2. The van der Waals surface area contributed by atoms with E-state index in [0.717, 1.165) is 22.4 Å². The van der Waals surface area contributed by atoms with Gasteiger partial charge in [0.15, 0.2) is 0 Å². The highest BCUT2D eigenvalue weighted by Gasteiger charge is 2.15. The fraction of sp³-hybridized carbons (Fsp3) is 0.318. The lowest BCUT2D eigenvalue weighted by Crippen LogP contribution is -2.12. The lowest BCUT2D eigenvalue weighted by atomic mass is 10.00. The summed E-state index contributed by atoms with van der Waals surface area (Å²) in [6.45, 7) is 5.25. The van der Waals surface area contributed by atoms with Crippen molar-refractivity contribution in [1.29, 1.82) is 0 Å². The predicted octanol–water partition coefficient (Wildman–Crippen LogP) is 4.59. The molecule has 0 bridgehead atoms. The first-order chi connectivity index (χ1) is 13.7. The summed E-state index contributed by atoms with van der Waals surface area (Å²) in [5, 5.41) is 0. The van der Waals surface area contributed by atoms with Gasteiger partial charge >= 0.3 is 0 Å². The predicted molar refractivity (Wildman–Crippen MR) is 114 cm³/mol. The molecule has 0 saturated heterocycles. The average Bonchev–Trinajstić information content (AvgIpc) is 2.94. The van der Waals surface area contributed by atoms with E-state index in [2.05, 4.69) is 15.0 Å². The molecule has 152 valence electrons. The van der Waals surface area contributed by atoms with Crippen molar-refractivity contribution >= 4 is 22.8 Å². The number of fused-ring (bicyclic) bond motifs is 1. The maximum atomic E-state index is 14.0. The number of hydrogen-bond donors (Lipinski definition) is 1. The molecule has 0 atom stereocenters. The smallest absolute Gasteiger partial charge is 0.142 e. The minimum Gasteiger partial charge on any atom is -0.404 e. The second kappa shape index (κ2) is 8.11. The molecule has 0 radical (unpaired) electrons. The van der Waals surface area contributed by atoms with Crippen molar-refractivity contribution in [2.45, 2.75) is 32.9 Å². The number of imidazole rings is 1. The molecule has 3 rings (SSSR count). The number of allylic oxidation sites excluding steroid dienone is 1. The van der Waals surface area contributed by atoms with Crippen LogP contribution in [-0.4, -0.2) is 33.0 Å². The number of nitrogens with zero attached hydrogens (tertiary/aromatic N) is 4.